The van der Waals surface area contributed by atoms with Gasteiger partial charge < -0.3 is 11.1 Å². The van der Waals surface area contributed by atoms with Gasteiger partial charge in [0.1, 0.15) is 17.5 Å². The Bertz CT molecular complexity index is 500. The Morgan fingerprint density at radius 2 is 2.00 bits per heavy atom. The zero-order chi connectivity index (χ0) is 13.1. The number of aromatic nitrogens is 2. The molecule has 1 heterocycles. The number of nitrogens with two attached hydrogens (primary N) is 2. The number of nitrogens with one attached hydrogen (secondary N) is 1. The van der Waals surface area contributed by atoms with E-state index in [1.807, 2.05) is 6.92 Å². The molecule has 0 amide bonds. The van der Waals surface area contributed by atoms with Crippen LogP contribution in [0.4, 0.5) is 11.6 Å². The molecule has 1 rings (SSSR count). The molecule has 0 aromatic carbocycles. The van der Waals surface area contributed by atoms with Crippen LogP contribution < -0.4 is 16.2 Å². The van der Waals surface area contributed by atoms with E-state index in [9.17, 15) is 8.42 Å². The molecule has 0 atom stereocenters. The van der Waals surface area contributed by atoms with E-state index in [-0.39, 0.29) is 12.3 Å². The molecule has 1 aromatic heterocycles. The van der Waals surface area contributed by atoms with Gasteiger partial charge in [0.2, 0.25) is 10.0 Å². The summed E-state index contributed by atoms with van der Waals surface area (Å²) in [6, 6.07) is 0. The van der Waals surface area contributed by atoms with Crippen LogP contribution in [-0.2, 0) is 16.4 Å². The van der Waals surface area contributed by atoms with E-state index < -0.39 is 10.0 Å². The minimum absolute atomic E-state index is 0.155. The van der Waals surface area contributed by atoms with Crippen molar-refractivity contribution in [2.45, 2.75) is 20.3 Å². The van der Waals surface area contributed by atoms with E-state index in [0.29, 0.717) is 29.4 Å². The van der Waals surface area contributed by atoms with Gasteiger partial charge in [-0.2, -0.15) is 0 Å². The summed E-state index contributed by atoms with van der Waals surface area (Å²) < 4.78 is 21.6. The minimum atomic E-state index is -3.47. The molecule has 0 aliphatic heterocycles. The maximum Gasteiger partial charge on any atom is 0.210 e. The molecule has 5 N–H and O–H groups in total. The maximum absolute atomic E-state index is 10.8. The van der Waals surface area contributed by atoms with Crippen molar-refractivity contribution in [2.24, 2.45) is 5.14 Å². The highest BCUT2D eigenvalue weighted by molar-refractivity contribution is 7.89. The molecule has 0 fully saturated rings. The predicted octanol–water partition coefficient (Wildman–Crippen LogP) is -0.370. The van der Waals surface area contributed by atoms with Gasteiger partial charge in [-0.3, -0.25) is 0 Å². The second-order valence-electron chi connectivity index (χ2n) is 3.65. The number of anilines is 2. The Morgan fingerprint density at radius 1 is 1.35 bits per heavy atom. The van der Waals surface area contributed by atoms with Crippen molar-refractivity contribution in [1.29, 1.82) is 0 Å². The summed E-state index contributed by atoms with van der Waals surface area (Å²) in [4.78, 5) is 8.33. The first-order chi connectivity index (χ1) is 7.83. The van der Waals surface area contributed by atoms with Crippen molar-refractivity contribution in [3.8, 4) is 0 Å². The van der Waals surface area contributed by atoms with Crippen LogP contribution in [0.2, 0.25) is 0 Å². The summed E-state index contributed by atoms with van der Waals surface area (Å²) in [6.45, 7) is 3.88. The summed E-state index contributed by atoms with van der Waals surface area (Å²) in [5, 5.41) is 7.79. The second-order valence-corrected chi connectivity index (χ2v) is 5.38. The van der Waals surface area contributed by atoms with Crippen LogP contribution in [0.3, 0.4) is 0 Å². The second kappa shape index (κ2) is 5.28. The highest BCUT2D eigenvalue weighted by atomic mass is 32.2. The molecule has 0 saturated carbocycles. The summed E-state index contributed by atoms with van der Waals surface area (Å²) >= 11 is 0. The Kier molecular flexibility index (Phi) is 4.24. The number of nitrogen functional groups attached to an aromatic ring is 1. The molecular formula is C9H17N5O2S. The van der Waals surface area contributed by atoms with Crippen LogP contribution in [0, 0.1) is 6.92 Å². The molecule has 0 radical (unpaired) electrons. The Labute approximate surface area is 101 Å². The standard InChI is InChI=1S/C9H17N5O2S/c1-3-7-13-8(10)6(2)9(14-7)12-4-5-17(11,15)16/h3-5H2,1-2H3,(H2,11,15,16)(H3,10,12,13,14). The number of nitrogens with zero attached hydrogens (tertiary/aromatic N) is 2. The van der Waals surface area contributed by atoms with E-state index in [4.69, 9.17) is 10.9 Å². The normalized spacial score (nSPS) is 11.5. The molecule has 7 nitrogen and oxygen atoms in total. The topological polar surface area (TPSA) is 124 Å². The van der Waals surface area contributed by atoms with Gasteiger partial charge in [0.15, 0.2) is 0 Å². The third-order valence-corrected chi connectivity index (χ3v) is 3.00. The third-order valence-electron chi connectivity index (χ3n) is 2.23. The fourth-order valence-electron chi connectivity index (χ4n) is 1.22. The Morgan fingerprint density at radius 3 is 2.53 bits per heavy atom. The molecular weight excluding hydrogens is 242 g/mol. The van der Waals surface area contributed by atoms with E-state index in [1.54, 1.807) is 6.92 Å². The molecule has 0 aliphatic carbocycles. The third kappa shape index (κ3) is 4.16. The van der Waals surface area contributed by atoms with Crippen LogP contribution in [0.15, 0.2) is 0 Å². The van der Waals surface area contributed by atoms with E-state index in [0.717, 1.165) is 0 Å². The monoisotopic (exact) mass is 259 g/mol. The lowest BCUT2D eigenvalue weighted by Crippen LogP contribution is -2.23. The quantitative estimate of drug-likeness (QED) is 0.662. The number of hydrogen-bond acceptors (Lipinski definition) is 6. The lowest BCUT2D eigenvalue weighted by Gasteiger charge is -2.10. The molecule has 17 heavy (non-hydrogen) atoms. The molecule has 8 heteroatoms. The van der Waals surface area contributed by atoms with E-state index in [1.165, 1.54) is 0 Å². The summed E-state index contributed by atoms with van der Waals surface area (Å²) in [6.07, 6.45) is 0.661. The SMILES string of the molecule is CCc1nc(N)c(C)c(NCCS(N)(=O)=O)n1. The summed E-state index contributed by atoms with van der Waals surface area (Å²) in [5.74, 6) is 1.41. The first-order valence-corrected chi connectivity index (χ1v) is 6.92. The predicted molar refractivity (Wildman–Crippen MR) is 67.0 cm³/mol. The number of rotatable bonds is 5. The van der Waals surface area contributed by atoms with Crippen molar-refractivity contribution in [2.75, 3.05) is 23.3 Å². The van der Waals surface area contributed by atoms with Crippen molar-refractivity contribution in [3.05, 3.63) is 11.4 Å². The molecule has 1 aromatic rings. The van der Waals surface area contributed by atoms with Crippen molar-refractivity contribution in [3.63, 3.8) is 0 Å². The average molecular weight is 259 g/mol. The number of aryl methyl sites for hydroxylation is 1. The first kappa shape index (κ1) is 13.7. The smallest absolute Gasteiger partial charge is 0.210 e. The van der Waals surface area contributed by atoms with Gasteiger partial charge in [-0.05, 0) is 6.92 Å². The molecule has 96 valence electrons. The van der Waals surface area contributed by atoms with Gasteiger partial charge in [-0.15, -0.1) is 0 Å². The zero-order valence-corrected chi connectivity index (χ0v) is 10.7. The van der Waals surface area contributed by atoms with Gasteiger partial charge in [0.05, 0.1) is 5.75 Å². The van der Waals surface area contributed by atoms with Crippen LogP contribution in [0.25, 0.3) is 0 Å². The Hall–Kier alpha value is -1.41. The summed E-state index contributed by atoms with van der Waals surface area (Å²) in [7, 11) is -3.47. The lowest BCUT2D eigenvalue weighted by atomic mass is 10.3. The first-order valence-electron chi connectivity index (χ1n) is 5.21. The number of primary sulfonamides is 1. The number of sulfonamides is 1. The highest BCUT2D eigenvalue weighted by Gasteiger charge is 2.08. The van der Waals surface area contributed by atoms with Gasteiger partial charge in [0, 0.05) is 18.5 Å². The lowest BCUT2D eigenvalue weighted by molar-refractivity contribution is 0.598. The minimum Gasteiger partial charge on any atom is -0.383 e. The van der Waals surface area contributed by atoms with Crippen LogP contribution >= 0.6 is 0 Å². The van der Waals surface area contributed by atoms with Crippen molar-refractivity contribution >= 4 is 21.7 Å². The largest absolute Gasteiger partial charge is 0.383 e. The van der Waals surface area contributed by atoms with E-state index in [2.05, 4.69) is 15.3 Å². The molecule has 0 unspecified atom stereocenters. The zero-order valence-electron chi connectivity index (χ0n) is 9.90. The molecule has 0 aliphatic rings. The van der Waals surface area contributed by atoms with Crippen molar-refractivity contribution in [1.82, 2.24) is 9.97 Å². The van der Waals surface area contributed by atoms with Crippen molar-refractivity contribution < 1.29 is 8.42 Å². The fraction of sp³-hybridized carbons (Fsp3) is 0.556. The summed E-state index contributed by atoms with van der Waals surface area (Å²) in [5.41, 5.74) is 6.43. The van der Waals surface area contributed by atoms with Crippen LogP contribution in [-0.4, -0.2) is 30.7 Å². The molecule has 0 bridgehead atoms. The average Bonchev–Trinajstić information content (AvgIpc) is 2.22. The van der Waals surface area contributed by atoms with Gasteiger partial charge in [-0.1, -0.05) is 6.92 Å². The molecule has 0 spiro atoms. The van der Waals surface area contributed by atoms with Crippen LogP contribution in [0.1, 0.15) is 18.3 Å². The number of hydrogen-bond donors (Lipinski definition) is 3. The Balaban J connectivity index is 2.80. The van der Waals surface area contributed by atoms with Crippen LogP contribution in [0.5, 0.6) is 0 Å². The van der Waals surface area contributed by atoms with Gasteiger partial charge >= 0.3 is 0 Å². The molecule has 0 saturated heterocycles. The fourth-order valence-corrected chi connectivity index (χ4v) is 1.61. The van der Waals surface area contributed by atoms with Gasteiger partial charge in [-0.25, -0.2) is 23.5 Å². The van der Waals surface area contributed by atoms with E-state index >= 15 is 0 Å². The maximum atomic E-state index is 10.8. The van der Waals surface area contributed by atoms with Gasteiger partial charge in [0.25, 0.3) is 0 Å². The highest BCUT2D eigenvalue weighted by Crippen LogP contribution is 2.16.